The van der Waals surface area contributed by atoms with E-state index >= 15 is 0 Å². The molecule has 0 saturated carbocycles. The van der Waals surface area contributed by atoms with Gasteiger partial charge in [-0.1, -0.05) is 11.6 Å². The monoisotopic (exact) mass is 234 g/mol. The van der Waals surface area contributed by atoms with Crippen molar-refractivity contribution in [2.45, 2.75) is 5.75 Å². The Morgan fingerprint density at radius 3 is 2.93 bits per heavy atom. The van der Waals surface area contributed by atoms with Crippen LogP contribution in [0.2, 0.25) is 5.02 Å². The molecule has 76 valence electrons. The Morgan fingerprint density at radius 2 is 2.29 bits per heavy atom. The molecule has 0 fully saturated rings. The first-order valence-electron chi connectivity index (χ1n) is 3.83. The Kier molecular flexibility index (Phi) is 4.22. The minimum Gasteiger partial charge on any atom is -0.481 e. The lowest BCUT2D eigenvalue weighted by Gasteiger charge is -2.02. The third-order valence-electron chi connectivity index (χ3n) is 1.49. The maximum atomic E-state index is 13.1. The van der Waals surface area contributed by atoms with E-state index in [4.69, 9.17) is 16.7 Å². The van der Waals surface area contributed by atoms with Gasteiger partial charge >= 0.3 is 5.97 Å². The number of carboxylic acid groups (broad SMARTS) is 1. The predicted molar refractivity (Wildman–Crippen MR) is 55.2 cm³/mol. The standard InChI is InChI=1S/C9H8ClFO2S/c10-7-1-2-8(11)6(3-7)4-14-5-9(12)13/h1-3H,4-5H2,(H,12,13). The van der Waals surface area contributed by atoms with E-state index < -0.39 is 5.97 Å². The number of rotatable bonds is 4. The lowest BCUT2D eigenvalue weighted by molar-refractivity contribution is -0.133. The Labute approximate surface area is 90.1 Å². The molecule has 1 rings (SSSR count). The van der Waals surface area contributed by atoms with Crippen LogP contribution in [0.3, 0.4) is 0 Å². The summed E-state index contributed by atoms with van der Waals surface area (Å²) in [5.41, 5.74) is 0.434. The zero-order chi connectivity index (χ0) is 10.6. The van der Waals surface area contributed by atoms with Crippen LogP contribution in [0.4, 0.5) is 4.39 Å². The smallest absolute Gasteiger partial charge is 0.313 e. The molecule has 0 aromatic heterocycles. The van der Waals surface area contributed by atoms with Crippen LogP contribution in [-0.4, -0.2) is 16.8 Å². The SMILES string of the molecule is O=C(O)CSCc1cc(Cl)ccc1F. The molecule has 14 heavy (non-hydrogen) atoms. The molecule has 0 heterocycles. The van der Waals surface area contributed by atoms with Gasteiger partial charge in [-0.25, -0.2) is 4.39 Å². The third-order valence-corrected chi connectivity index (χ3v) is 2.69. The molecule has 0 atom stereocenters. The summed E-state index contributed by atoms with van der Waals surface area (Å²) in [6, 6.07) is 4.24. The largest absolute Gasteiger partial charge is 0.481 e. The maximum absolute atomic E-state index is 13.1. The maximum Gasteiger partial charge on any atom is 0.313 e. The summed E-state index contributed by atoms with van der Waals surface area (Å²) in [5, 5.41) is 8.83. The van der Waals surface area contributed by atoms with Crippen LogP contribution in [0, 0.1) is 5.82 Å². The minimum atomic E-state index is -0.905. The van der Waals surface area contributed by atoms with Crippen molar-refractivity contribution in [2.75, 3.05) is 5.75 Å². The van der Waals surface area contributed by atoms with Crippen molar-refractivity contribution in [2.24, 2.45) is 0 Å². The topological polar surface area (TPSA) is 37.3 Å². The van der Waals surface area contributed by atoms with Crippen molar-refractivity contribution in [3.8, 4) is 0 Å². The van der Waals surface area contributed by atoms with Crippen molar-refractivity contribution < 1.29 is 14.3 Å². The van der Waals surface area contributed by atoms with Gasteiger partial charge in [-0.05, 0) is 23.8 Å². The number of halogens is 2. The fraction of sp³-hybridized carbons (Fsp3) is 0.222. The van der Waals surface area contributed by atoms with Crippen molar-refractivity contribution in [1.82, 2.24) is 0 Å². The highest BCUT2D eigenvalue weighted by molar-refractivity contribution is 7.99. The van der Waals surface area contributed by atoms with Gasteiger partial charge in [-0.2, -0.15) is 0 Å². The molecule has 1 aromatic carbocycles. The fourth-order valence-electron chi connectivity index (χ4n) is 0.902. The summed E-state index contributed by atoms with van der Waals surface area (Å²) >= 11 is 6.81. The van der Waals surface area contributed by atoms with E-state index in [0.29, 0.717) is 16.3 Å². The predicted octanol–water partition coefficient (Wildman–Crippen LogP) is 2.80. The van der Waals surface area contributed by atoms with E-state index in [1.54, 1.807) is 0 Å². The summed E-state index contributed by atoms with van der Waals surface area (Å²) in [6.07, 6.45) is 0. The minimum absolute atomic E-state index is 0.0358. The molecule has 5 heteroatoms. The van der Waals surface area contributed by atoms with Crippen LogP contribution in [0.1, 0.15) is 5.56 Å². The van der Waals surface area contributed by atoms with E-state index in [9.17, 15) is 9.18 Å². The third kappa shape index (κ3) is 3.55. The van der Waals surface area contributed by atoms with Gasteiger partial charge < -0.3 is 5.11 Å². The van der Waals surface area contributed by atoms with Crippen LogP contribution in [-0.2, 0) is 10.5 Å². The second-order valence-corrected chi connectivity index (χ2v) is 4.04. The Balaban J connectivity index is 2.57. The average Bonchev–Trinajstić information content (AvgIpc) is 2.10. The van der Waals surface area contributed by atoms with E-state index in [1.807, 2.05) is 0 Å². The van der Waals surface area contributed by atoms with Gasteiger partial charge in [0.15, 0.2) is 0 Å². The molecular formula is C9H8ClFO2S. The molecule has 1 aromatic rings. The van der Waals surface area contributed by atoms with E-state index in [0.717, 1.165) is 11.8 Å². The second-order valence-electron chi connectivity index (χ2n) is 2.62. The Morgan fingerprint density at radius 1 is 1.57 bits per heavy atom. The Bertz CT molecular complexity index is 344. The number of benzene rings is 1. The highest BCUT2D eigenvalue weighted by atomic mass is 35.5. The van der Waals surface area contributed by atoms with Crippen LogP contribution in [0.25, 0.3) is 0 Å². The average molecular weight is 235 g/mol. The molecule has 0 spiro atoms. The van der Waals surface area contributed by atoms with E-state index in [-0.39, 0.29) is 11.6 Å². The molecule has 0 bridgehead atoms. The second kappa shape index (κ2) is 5.22. The summed E-state index contributed by atoms with van der Waals surface area (Å²) in [6.45, 7) is 0. The van der Waals surface area contributed by atoms with Gasteiger partial charge in [-0.15, -0.1) is 11.8 Å². The molecule has 0 aliphatic heterocycles. The molecule has 1 N–H and O–H groups in total. The van der Waals surface area contributed by atoms with E-state index in [2.05, 4.69) is 0 Å². The van der Waals surface area contributed by atoms with Crippen LogP contribution >= 0.6 is 23.4 Å². The van der Waals surface area contributed by atoms with Crippen molar-refractivity contribution >= 4 is 29.3 Å². The zero-order valence-electron chi connectivity index (χ0n) is 7.17. The summed E-state index contributed by atoms with van der Waals surface area (Å²) in [5.74, 6) is -0.977. The number of hydrogen-bond acceptors (Lipinski definition) is 2. The number of carbonyl (C=O) groups is 1. The lowest BCUT2D eigenvalue weighted by atomic mass is 10.2. The number of thioether (sulfide) groups is 1. The van der Waals surface area contributed by atoms with Crippen LogP contribution in [0.15, 0.2) is 18.2 Å². The van der Waals surface area contributed by atoms with Gasteiger partial charge in [0, 0.05) is 10.8 Å². The van der Waals surface area contributed by atoms with E-state index in [1.165, 1.54) is 18.2 Å². The molecule has 2 nitrogen and oxygen atoms in total. The van der Waals surface area contributed by atoms with Gasteiger partial charge in [0.05, 0.1) is 5.75 Å². The molecular weight excluding hydrogens is 227 g/mol. The number of carboxylic acids is 1. The highest BCUT2D eigenvalue weighted by Crippen LogP contribution is 2.19. The molecule has 0 aliphatic carbocycles. The van der Waals surface area contributed by atoms with Gasteiger partial charge in [0.1, 0.15) is 5.82 Å². The highest BCUT2D eigenvalue weighted by Gasteiger charge is 2.04. The summed E-state index contributed by atoms with van der Waals surface area (Å²) < 4.78 is 13.1. The van der Waals surface area contributed by atoms with Crippen molar-refractivity contribution in [1.29, 1.82) is 0 Å². The number of aliphatic carboxylic acids is 1. The number of hydrogen-bond donors (Lipinski definition) is 1. The molecule has 0 saturated heterocycles. The van der Waals surface area contributed by atoms with Crippen LogP contribution in [0.5, 0.6) is 0 Å². The van der Waals surface area contributed by atoms with Gasteiger partial charge in [0.2, 0.25) is 0 Å². The summed E-state index contributed by atoms with van der Waals surface area (Å²) in [4.78, 5) is 10.2. The molecule has 0 aliphatic rings. The van der Waals surface area contributed by atoms with Gasteiger partial charge in [0.25, 0.3) is 0 Å². The first-order chi connectivity index (χ1) is 6.59. The quantitative estimate of drug-likeness (QED) is 0.871. The summed E-state index contributed by atoms with van der Waals surface area (Å²) in [7, 11) is 0. The fourth-order valence-corrected chi connectivity index (χ4v) is 1.81. The normalized spacial score (nSPS) is 10.1. The molecule has 0 unspecified atom stereocenters. The zero-order valence-corrected chi connectivity index (χ0v) is 8.74. The molecule has 0 amide bonds. The molecule has 0 radical (unpaired) electrons. The lowest BCUT2D eigenvalue weighted by Crippen LogP contribution is -1.98. The first kappa shape index (κ1) is 11.3. The van der Waals surface area contributed by atoms with Crippen LogP contribution < -0.4 is 0 Å². The van der Waals surface area contributed by atoms with Crippen molar-refractivity contribution in [3.63, 3.8) is 0 Å². The first-order valence-corrected chi connectivity index (χ1v) is 5.36. The Hall–Kier alpha value is -0.740. The van der Waals surface area contributed by atoms with Gasteiger partial charge in [-0.3, -0.25) is 4.79 Å². The van der Waals surface area contributed by atoms with Crippen molar-refractivity contribution in [3.05, 3.63) is 34.6 Å².